The number of piperidine rings is 1. The van der Waals surface area contributed by atoms with Crippen molar-refractivity contribution in [3.8, 4) is 0 Å². The minimum atomic E-state index is -0.420. The standard InChI is InChI=1S/C26H38N2O4/c27-15-8-6-4-2-1-3-5-7-12-23(29)17-20-10-9-11-21(16-20)18-24(30)19-22-13-14-25(31)28-26(22)32/h9-11,16,22H,1-8,12-15,17-19,27H2,(H,28,31,32). The third-order valence-corrected chi connectivity index (χ3v) is 6.03. The zero-order valence-electron chi connectivity index (χ0n) is 19.2. The van der Waals surface area contributed by atoms with E-state index in [4.69, 9.17) is 5.73 Å². The van der Waals surface area contributed by atoms with Crippen LogP contribution in [0.15, 0.2) is 24.3 Å². The van der Waals surface area contributed by atoms with Crippen LogP contribution in [0.1, 0.15) is 88.2 Å². The molecule has 0 aromatic heterocycles. The molecule has 0 radical (unpaired) electrons. The number of benzene rings is 1. The fourth-order valence-electron chi connectivity index (χ4n) is 4.20. The van der Waals surface area contributed by atoms with Gasteiger partial charge in [0, 0.05) is 38.0 Å². The molecule has 0 bridgehead atoms. The first-order valence-corrected chi connectivity index (χ1v) is 12.1. The second kappa shape index (κ2) is 14.7. The molecule has 6 nitrogen and oxygen atoms in total. The second-order valence-electron chi connectivity index (χ2n) is 8.97. The van der Waals surface area contributed by atoms with E-state index >= 15 is 0 Å². The van der Waals surface area contributed by atoms with Gasteiger partial charge in [-0.25, -0.2) is 0 Å². The fourth-order valence-corrected chi connectivity index (χ4v) is 4.20. The predicted molar refractivity (Wildman–Crippen MR) is 125 cm³/mol. The van der Waals surface area contributed by atoms with Crippen LogP contribution in [0.5, 0.6) is 0 Å². The highest BCUT2D eigenvalue weighted by Gasteiger charge is 2.28. The number of rotatable bonds is 16. The van der Waals surface area contributed by atoms with Crippen molar-refractivity contribution in [2.75, 3.05) is 6.54 Å². The Bertz CT molecular complexity index is 775. The number of carbonyl (C=O) groups excluding carboxylic acids is 4. The molecule has 32 heavy (non-hydrogen) atoms. The number of amides is 2. The molecule has 1 atom stereocenters. The molecule has 1 unspecified atom stereocenters. The SMILES string of the molecule is NCCCCCCCCCCC(=O)Cc1cccc(CC(=O)CC2CCC(=O)NC2=O)c1. The Morgan fingerprint density at radius 2 is 1.47 bits per heavy atom. The molecule has 1 aliphatic heterocycles. The van der Waals surface area contributed by atoms with E-state index in [0.717, 1.165) is 36.9 Å². The number of ketones is 2. The lowest BCUT2D eigenvalue weighted by atomic mass is 9.91. The molecule has 3 N–H and O–H groups in total. The molecule has 1 aromatic rings. The maximum Gasteiger partial charge on any atom is 0.230 e. The number of hydrogen-bond acceptors (Lipinski definition) is 5. The largest absolute Gasteiger partial charge is 0.330 e. The summed E-state index contributed by atoms with van der Waals surface area (Å²) in [6, 6.07) is 7.60. The first-order valence-electron chi connectivity index (χ1n) is 12.1. The Labute approximate surface area is 191 Å². The molecular weight excluding hydrogens is 404 g/mol. The first-order chi connectivity index (χ1) is 15.5. The topological polar surface area (TPSA) is 106 Å². The van der Waals surface area contributed by atoms with Crippen LogP contribution >= 0.6 is 0 Å². The third-order valence-electron chi connectivity index (χ3n) is 6.03. The van der Waals surface area contributed by atoms with Crippen LogP contribution in [0.2, 0.25) is 0 Å². The monoisotopic (exact) mass is 442 g/mol. The highest BCUT2D eigenvalue weighted by Crippen LogP contribution is 2.18. The summed E-state index contributed by atoms with van der Waals surface area (Å²) >= 11 is 0. The summed E-state index contributed by atoms with van der Waals surface area (Å²) in [5.74, 6) is -0.822. The Morgan fingerprint density at radius 1 is 0.875 bits per heavy atom. The van der Waals surface area contributed by atoms with Gasteiger partial charge < -0.3 is 5.73 Å². The molecule has 2 amide bonds. The summed E-state index contributed by atoms with van der Waals surface area (Å²) in [5, 5.41) is 2.30. The van der Waals surface area contributed by atoms with E-state index in [-0.39, 0.29) is 42.6 Å². The Balaban J connectivity index is 1.65. The first kappa shape index (κ1) is 25.9. The Kier molecular flexibility index (Phi) is 11.9. The number of imide groups is 1. The van der Waals surface area contributed by atoms with E-state index in [1.54, 1.807) is 0 Å². The average molecular weight is 443 g/mol. The number of Topliss-reactive ketones (excluding diaryl/α,β-unsaturated/α-hetero) is 2. The van der Waals surface area contributed by atoms with E-state index in [1.165, 1.54) is 32.1 Å². The van der Waals surface area contributed by atoms with Gasteiger partial charge in [0.2, 0.25) is 11.8 Å². The van der Waals surface area contributed by atoms with Gasteiger partial charge in [-0.2, -0.15) is 0 Å². The Hall–Kier alpha value is -2.34. The molecular formula is C26H38N2O4. The van der Waals surface area contributed by atoms with Crippen molar-refractivity contribution in [3.05, 3.63) is 35.4 Å². The number of carbonyl (C=O) groups is 4. The van der Waals surface area contributed by atoms with Crippen LogP contribution in [0.4, 0.5) is 0 Å². The minimum Gasteiger partial charge on any atom is -0.330 e. The van der Waals surface area contributed by atoms with Crippen LogP contribution < -0.4 is 11.1 Å². The summed E-state index contributed by atoms with van der Waals surface area (Å²) in [5.41, 5.74) is 7.29. The Morgan fingerprint density at radius 3 is 2.09 bits per heavy atom. The van der Waals surface area contributed by atoms with Gasteiger partial charge in [0.15, 0.2) is 0 Å². The quantitative estimate of drug-likeness (QED) is 0.299. The second-order valence-corrected chi connectivity index (χ2v) is 8.97. The zero-order valence-corrected chi connectivity index (χ0v) is 19.2. The molecule has 1 aliphatic rings. The van der Waals surface area contributed by atoms with Crippen LogP contribution in [-0.4, -0.2) is 29.9 Å². The van der Waals surface area contributed by atoms with Crippen LogP contribution in [0, 0.1) is 5.92 Å². The van der Waals surface area contributed by atoms with Crippen molar-refractivity contribution in [1.29, 1.82) is 0 Å². The zero-order chi connectivity index (χ0) is 23.2. The molecule has 1 saturated heterocycles. The molecule has 1 fully saturated rings. The molecule has 0 aliphatic carbocycles. The maximum absolute atomic E-state index is 12.4. The number of hydrogen-bond donors (Lipinski definition) is 2. The van der Waals surface area contributed by atoms with E-state index in [2.05, 4.69) is 5.32 Å². The van der Waals surface area contributed by atoms with Gasteiger partial charge in [0.05, 0.1) is 0 Å². The summed E-state index contributed by atoms with van der Waals surface area (Å²) in [7, 11) is 0. The minimum absolute atomic E-state index is 0.0222. The average Bonchev–Trinajstić information content (AvgIpc) is 2.75. The van der Waals surface area contributed by atoms with Crippen molar-refractivity contribution < 1.29 is 19.2 Å². The van der Waals surface area contributed by atoms with Crippen molar-refractivity contribution in [2.24, 2.45) is 11.7 Å². The molecule has 1 heterocycles. The van der Waals surface area contributed by atoms with E-state index in [1.807, 2.05) is 24.3 Å². The lowest BCUT2D eigenvalue weighted by molar-refractivity contribution is -0.138. The summed E-state index contributed by atoms with van der Waals surface area (Å²) < 4.78 is 0. The smallest absolute Gasteiger partial charge is 0.230 e. The molecule has 0 saturated carbocycles. The normalized spacial score (nSPS) is 16.1. The van der Waals surface area contributed by atoms with Crippen molar-refractivity contribution in [1.82, 2.24) is 5.32 Å². The third kappa shape index (κ3) is 10.3. The number of nitrogens with one attached hydrogen (secondary N) is 1. The highest BCUT2D eigenvalue weighted by atomic mass is 16.2. The van der Waals surface area contributed by atoms with Gasteiger partial charge in [-0.15, -0.1) is 0 Å². The number of unbranched alkanes of at least 4 members (excludes halogenated alkanes) is 7. The van der Waals surface area contributed by atoms with E-state index in [0.29, 0.717) is 19.3 Å². The summed E-state index contributed by atoms with van der Waals surface area (Å²) in [6.45, 7) is 0.781. The molecule has 176 valence electrons. The molecule has 1 aromatic carbocycles. The molecule has 0 spiro atoms. The van der Waals surface area contributed by atoms with Gasteiger partial charge in [-0.05, 0) is 36.9 Å². The molecule has 6 heteroatoms. The van der Waals surface area contributed by atoms with E-state index < -0.39 is 5.92 Å². The van der Waals surface area contributed by atoms with Crippen molar-refractivity contribution in [3.63, 3.8) is 0 Å². The molecule has 2 rings (SSSR count). The fraction of sp³-hybridized carbons (Fsp3) is 0.615. The highest BCUT2D eigenvalue weighted by molar-refractivity contribution is 6.00. The van der Waals surface area contributed by atoms with Gasteiger partial charge in [-0.3, -0.25) is 24.5 Å². The van der Waals surface area contributed by atoms with Crippen LogP contribution in [0.25, 0.3) is 0 Å². The van der Waals surface area contributed by atoms with Crippen molar-refractivity contribution >= 4 is 23.4 Å². The summed E-state index contributed by atoms with van der Waals surface area (Å²) in [4.78, 5) is 47.8. The van der Waals surface area contributed by atoms with E-state index in [9.17, 15) is 19.2 Å². The predicted octanol–water partition coefficient (Wildman–Crippen LogP) is 3.82. The van der Waals surface area contributed by atoms with Crippen LogP contribution in [0.3, 0.4) is 0 Å². The van der Waals surface area contributed by atoms with Crippen LogP contribution in [-0.2, 0) is 32.0 Å². The number of nitrogens with two attached hydrogens (primary N) is 1. The lowest BCUT2D eigenvalue weighted by Gasteiger charge is -2.20. The summed E-state index contributed by atoms with van der Waals surface area (Å²) in [6.07, 6.45) is 11.4. The van der Waals surface area contributed by atoms with Gasteiger partial charge >= 0.3 is 0 Å². The van der Waals surface area contributed by atoms with Gasteiger partial charge in [0.1, 0.15) is 11.6 Å². The van der Waals surface area contributed by atoms with Gasteiger partial charge in [-0.1, -0.05) is 62.8 Å². The maximum atomic E-state index is 12.4. The van der Waals surface area contributed by atoms with Crippen molar-refractivity contribution in [2.45, 2.75) is 89.9 Å². The lowest BCUT2D eigenvalue weighted by Crippen LogP contribution is -2.41. The van der Waals surface area contributed by atoms with Gasteiger partial charge in [0.25, 0.3) is 0 Å².